The van der Waals surface area contributed by atoms with Crippen LogP contribution in [0.5, 0.6) is 0 Å². The molecule has 0 atom stereocenters. The first kappa shape index (κ1) is 18.9. The zero-order chi connectivity index (χ0) is 21.1. The molecule has 0 unspecified atom stereocenters. The molecular weight excluding hydrogens is 386 g/mol. The van der Waals surface area contributed by atoms with Crippen LogP contribution in [0.3, 0.4) is 0 Å². The van der Waals surface area contributed by atoms with Gasteiger partial charge < -0.3 is 15.1 Å². The summed E-state index contributed by atoms with van der Waals surface area (Å²) in [4.78, 5) is 34.8. The first-order valence-electron chi connectivity index (χ1n) is 8.95. The molecule has 0 aliphatic rings. The molecule has 0 radical (unpaired) electrons. The number of amides is 2. The lowest BCUT2D eigenvalue weighted by molar-refractivity contribution is -0.384. The molecule has 0 fully saturated rings. The SMILES string of the molecule is O=C(Nc1ccc(NC(=O)c2cc3ccccc3o2)cc1)c1ccc([N+](=O)[O-])cc1. The minimum atomic E-state index is -0.528. The molecule has 0 bridgehead atoms. The number of rotatable bonds is 5. The highest BCUT2D eigenvalue weighted by Gasteiger charge is 2.13. The van der Waals surface area contributed by atoms with Gasteiger partial charge in [-0.05, 0) is 48.5 Å². The normalized spacial score (nSPS) is 10.5. The van der Waals surface area contributed by atoms with E-state index in [0.29, 0.717) is 22.5 Å². The number of para-hydroxylation sites is 1. The second-order valence-electron chi connectivity index (χ2n) is 6.44. The fourth-order valence-corrected chi connectivity index (χ4v) is 2.86. The van der Waals surface area contributed by atoms with E-state index in [1.165, 1.54) is 24.3 Å². The Balaban J connectivity index is 1.40. The second-order valence-corrected chi connectivity index (χ2v) is 6.44. The number of nitro benzene ring substituents is 1. The average molecular weight is 401 g/mol. The van der Waals surface area contributed by atoms with E-state index in [9.17, 15) is 19.7 Å². The van der Waals surface area contributed by atoms with E-state index in [0.717, 1.165) is 5.39 Å². The zero-order valence-corrected chi connectivity index (χ0v) is 15.5. The highest BCUT2D eigenvalue weighted by Crippen LogP contribution is 2.21. The van der Waals surface area contributed by atoms with Crippen molar-refractivity contribution in [3.63, 3.8) is 0 Å². The Morgan fingerprint density at radius 1 is 0.800 bits per heavy atom. The van der Waals surface area contributed by atoms with E-state index < -0.39 is 10.8 Å². The van der Waals surface area contributed by atoms with Gasteiger partial charge in [-0.1, -0.05) is 18.2 Å². The predicted molar refractivity (Wildman–Crippen MR) is 112 cm³/mol. The number of nitrogens with zero attached hydrogens (tertiary/aromatic N) is 1. The predicted octanol–water partition coefficient (Wildman–Crippen LogP) is 4.85. The van der Waals surface area contributed by atoms with Crippen LogP contribution in [0.15, 0.2) is 83.3 Å². The molecule has 0 saturated carbocycles. The van der Waals surface area contributed by atoms with Crippen LogP contribution in [0.1, 0.15) is 20.9 Å². The number of non-ortho nitro benzene ring substituents is 1. The molecule has 2 amide bonds. The number of anilines is 2. The molecule has 148 valence electrons. The van der Waals surface area contributed by atoms with Crippen molar-refractivity contribution in [3.05, 3.63) is 100 Å². The fourth-order valence-electron chi connectivity index (χ4n) is 2.86. The molecular formula is C22H15N3O5. The number of fused-ring (bicyclic) bond motifs is 1. The van der Waals surface area contributed by atoms with E-state index in [1.807, 2.05) is 18.2 Å². The van der Waals surface area contributed by atoms with Crippen LogP contribution in [0.25, 0.3) is 11.0 Å². The largest absolute Gasteiger partial charge is 0.451 e. The number of carbonyl (C=O) groups is 2. The molecule has 4 aromatic rings. The first-order chi connectivity index (χ1) is 14.5. The number of benzene rings is 3. The highest BCUT2D eigenvalue weighted by molar-refractivity contribution is 6.06. The topological polar surface area (TPSA) is 114 Å². The van der Waals surface area contributed by atoms with Crippen molar-refractivity contribution in [2.24, 2.45) is 0 Å². The molecule has 1 heterocycles. The second kappa shape index (κ2) is 7.88. The quantitative estimate of drug-likeness (QED) is 0.367. The molecule has 3 aromatic carbocycles. The Bertz CT molecular complexity index is 1210. The lowest BCUT2D eigenvalue weighted by Crippen LogP contribution is -2.13. The Hall–Kier alpha value is -4.46. The van der Waals surface area contributed by atoms with Crippen LogP contribution < -0.4 is 10.6 Å². The van der Waals surface area contributed by atoms with Crippen LogP contribution in [0, 0.1) is 10.1 Å². The first-order valence-corrected chi connectivity index (χ1v) is 8.95. The summed E-state index contributed by atoms with van der Waals surface area (Å²) >= 11 is 0. The van der Waals surface area contributed by atoms with E-state index in [2.05, 4.69) is 10.6 Å². The Morgan fingerprint density at radius 3 is 2.00 bits per heavy atom. The van der Waals surface area contributed by atoms with Crippen molar-refractivity contribution in [1.82, 2.24) is 0 Å². The Morgan fingerprint density at radius 2 is 1.40 bits per heavy atom. The van der Waals surface area contributed by atoms with Gasteiger partial charge >= 0.3 is 0 Å². The summed E-state index contributed by atoms with van der Waals surface area (Å²) in [6.45, 7) is 0. The molecule has 0 spiro atoms. The minimum Gasteiger partial charge on any atom is -0.451 e. The smallest absolute Gasteiger partial charge is 0.291 e. The molecule has 8 nitrogen and oxygen atoms in total. The van der Waals surface area contributed by atoms with Gasteiger partial charge in [-0.2, -0.15) is 0 Å². The van der Waals surface area contributed by atoms with Gasteiger partial charge in [-0.15, -0.1) is 0 Å². The van der Waals surface area contributed by atoms with Gasteiger partial charge in [0.15, 0.2) is 5.76 Å². The van der Waals surface area contributed by atoms with Gasteiger partial charge in [0.05, 0.1) is 4.92 Å². The summed E-state index contributed by atoms with van der Waals surface area (Å²) in [6, 6.07) is 20.9. The summed E-state index contributed by atoms with van der Waals surface area (Å²) in [6.07, 6.45) is 0. The number of hydrogen-bond donors (Lipinski definition) is 2. The molecule has 0 aliphatic heterocycles. The summed E-state index contributed by atoms with van der Waals surface area (Å²) in [5.41, 5.74) is 1.89. The lowest BCUT2D eigenvalue weighted by Gasteiger charge is -2.07. The van der Waals surface area contributed by atoms with Crippen molar-refractivity contribution in [3.8, 4) is 0 Å². The maximum Gasteiger partial charge on any atom is 0.291 e. The van der Waals surface area contributed by atoms with Gasteiger partial charge in [0, 0.05) is 34.5 Å². The van der Waals surface area contributed by atoms with Gasteiger partial charge in [0.25, 0.3) is 17.5 Å². The van der Waals surface area contributed by atoms with Crippen LogP contribution in [-0.2, 0) is 0 Å². The number of carbonyl (C=O) groups excluding carboxylic acids is 2. The van der Waals surface area contributed by atoms with Crippen LogP contribution in [-0.4, -0.2) is 16.7 Å². The zero-order valence-electron chi connectivity index (χ0n) is 15.5. The highest BCUT2D eigenvalue weighted by atomic mass is 16.6. The Labute approximate surface area is 170 Å². The van der Waals surface area contributed by atoms with Gasteiger partial charge in [0.1, 0.15) is 5.58 Å². The van der Waals surface area contributed by atoms with Gasteiger partial charge in [0.2, 0.25) is 0 Å². The molecule has 1 aromatic heterocycles. The Kier molecular flexibility index (Phi) is 4.96. The van der Waals surface area contributed by atoms with Crippen molar-refractivity contribution in [2.45, 2.75) is 0 Å². The maximum atomic E-state index is 12.4. The number of nitrogens with one attached hydrogen (secondary N) is 2. The van der Waals surface area contributed by atoms with Crippen molar-refractivity contribution >= 4 is 39.8 Å². The number of hydrogen-bond acceptors (Lipinski definition) is 5. The van der Waals surface area contributed by atoms with Crippen molar-refractivity contribution in [1.29, 1.82) is 0 Å². The molecule has 4 rings (SSSR count). The van der Waals surface area contributed by atoms with E-state index >= 15 is 0 Å². The summed E-state index contributed by atoms with van der Waals surface area (Å²) < 4.78 is 5.54. The molecule has 0 aliphatic carbocycles. The third kappa shape index (κ3) is 4.02. The molecule has 8 heteroatoms. The third-order valence-electron chi connectivity index (χ3n) is 4.39. The van der Waals surface area contributed by atoms with Crippen LogP contribution in [0.4, 0.5) is 17.1 Å². The average Bonchev–Trinajstić information content (AvgIpc) is 3.20. The summed E-state index contributed by atoms with van der Waals surface area (Å²) in [7, 11) is 0. The monoisotopic (exact) mass is 401 g/mol. The van der Waals surface area contributed by atoms with Crippen LogP contribution in [0.2, 0.25) is 0 Å². The van der Waals surface area contributed by atoms with Crippen molar-refractivity contribution in [2.75, 3.05) is 10.6 Å². The number of nitro groups is 1. The standard InChI is InChI=1S/C22H15N3O5/c26-21(14-5-11-18(12-6-14)25(28)29)23-16-7-9-17(10-8-16)24-22(27)20-13-15-3-1-2-4-19(15)30-20/h1-13H,(H,23,26)(H,24,27). The van der Waals surface area contributed by atoms with E-state index in [1.54, 1.807) is 36.4 Å². The maximum absolute atomic E-state index is 12.4. The van der Waals surface area contributed by atoms with Crippen LogP contribution >= 0.6 is 0 Å². The molecule has 0 saturated heterocycles. The lowest BCUT2D eigenvalue weighted by atomic mass is 10.2. The van der Waals surface area contributed by atoms with Crippen molar-refractivity contribution < 1.29 is 18.9 Å². The van der Waals surface area contributed by atoms with E-state index in [4.69, 9.17) is 4.42 Å². The van der Waals surface area contributed by atoms with E-state index in [-0.39, 0.29) is 17.4 Å². The minimum absolute atomic E-state index is 0.0869. The van der Waals surface area contributed by atoms with Gasteiger partial charge in [-0.3, -0.25) is 19.7 Å². The molecule has 30 heavy (non-hydrogen) atoms. The number of furan rings is 1. The molecule has 2 N–H and O–H groups in total. The summed E-state index contributed by atoms with van der Waals surface area (Å²) in [5, 5.41) is 17.0. The third-order valence-corrected chi connectivity index (χ3v) is 4.39. The fraction of sp³-hybridized carbons (Fsp3) is 0. The summed E-state index contributed by atoms with van der Waals surface area (Å²) in [5.74, 6) is -0.579. The van der Waals surface area contributed by atoms with Gasteiger partial charge in [-0.25, -0.2) is 0 Å².